The first kappa shape index (κ1) is 43.5. The van der Waals surface area contributed by atoms with Crippen LogP contribution in [-0.2, 0) is 13.1 Å². The Balaban J connectivity index is 0.000000543. The quantitative estimate of drug-likeness (QED) is 0.195. The highest BCUT2D eigenvalue weighted by molar-refractivity contribution is 5.75. The standard InChI is InChI=1S/C48H38N2.2ClHO4/c1-7-19-37(20-8-1)43-33-45(39-23-11-3-12-24-39)49(46(34-43)40-25-13-4-14-26-40)31-32-50-47(41-27-15-5-16-28-41)35-44(38-21-9-2-10-22-38)36-48(50)42-29-17-6-18-30-42;2*2-1(3,4)5/h1-30,33-36H,31-32H2;2*(H,2,3,4,5)/q+2;;/p-2. The molecule has 0 radical (unpaired) electrons. The summed E-state index contributed by atoms with van der Waals surface area (Å²) in [6, 6.07) is 74.1. The average Bonchev–Trinajstić information content (AvgIpc) is 3.26. The number of halogens is 2. The molecule has 302 valence electrons. The third-order valence-corrected chi connectivity index (χ3v) is 9.37. The molecule has 0 aliphatic heterocycles. The zero-order chi connectivity index (χ0) is 42.5. The van der Waals surface area contributed by atoms with Gasteiger partial charge in [-0.05, 0) is 70.8 Å². The molecular weight excluding hydrogens is 803 g/mol. The summed E-state index contributed by atoms with van der Waals surface area (Å²) in [5, 5.41) is 0. The van der Waals surface area contributed by atoms with Crippen molar-refractivity contribution < 1.29 is 66.9 Å². The number of nitrogens with zero attached hydrogens (tertiary/aromatic N) is 2. The molecule has 0 saturated heterocycles. The van der Waals surface area contributed by atoms with Gasteiger partial charge in [-0.15, -0.1) is 20.5 Å². The van der Waals surface area contributed by atoms with E-state index in [1.165, 1.54) is 67.3 Å². The molecule has 12 heteroatoms. The van der Waals surface area contributed by atoms with Crippen LogP contribution in [0.25, 0.3) is 67.3 Å². The smallest absolute Gasteiger partial charge is 0.213 e. The predicted molar refractivity (Wildman–Crippen MR) is 206 cm³/mol. The van der Waals surface area contributed by atoms with E-state index in [1.807, 2.05) is 0 Å². The van der Waals surface area contributed by atoms with Gasteiger partial charge < -0.3 is 0 Å². The summed E-state index contributed by atoms with van der Waals surface area (Å²) in [6.45, 7) is 1.52. The molecule has 0 aliphatic carbocycles. The van der Waals surface area contributed by atoms with E-state index in [4.69, 9.17) is 37.3 Å². The molecule has 0 aliphatic rings. The number of aromatic nitrogens is 2. The van der Waals surface area contributed by atoms with Crippen LogP contribution in [0.15, 0.2) is 206 Å². The van der Waals surface area contributed by atoms with Gasteiger partial charge in [-0.25, -0.2) is 37.3 Å². The predicted octanol–water partition coefficient (Wildman–Crippen LogP) is 1.45. The SMILES string of the molecule is [O-][Cl+3]([O-])([O-])[O-].[O-][Cl+3]([O-])([O-])[O-].c1ccc(-c2cc(-c3ccccc3)[n+](CC[n+]3c(-c4ccccc4)cc(-c4ccccc4)cc3-c3ccccc3)c(-c3ccccc3)c2)cc1. The monoisotopic (exact) mass is 840 g/mol. The summed E-state index contributed by atoms with van der Waals surface area (Å²) >= 11 is 0. The number of benzene rings is 6. The van der Waals surface area contributed by atoms with Crippen molar-refractivity contribution in [2.24, 2.45) is 0 Å². The van der Waals surface area contributed by atoms with E-state index < -0.39 is 20.5 Å². The third kappa shape index (κ3) is 12.7. The molecular formula is C48H38Cl2N2O8. The highest BCUT2D eigenvalue weighted by atomic mass is 35.7. The van der Waals surface area contributed by atoms with Crippen LogP contribution < -0.4 is 46.4 Å². The van der Waals surface area contributed by atoms with Crippen molar-refractivity contribution in [3.05, 3.63) is 206 Å². The Kier molecular flexibility index (Phi) is 14.7. The second-order valence-corrected chi connectivity index (χ2v) is 14.8. The number of rotatable bonds is 9. The van der Waals surface area contributed by atoms with Crippen molar-refractivity contribution in [3.8, 4) is 67.3 Å². The molecule has 0 amide bonds. The Morgan fingerprint density at radius 2 is 0.417 bits per heavy atom. The van der Waals surface area contributed by atoms with E-state index in [-0.39, 0.29) is 0 Å². The molecule has 2 heterocycles. The molecule has 0 spiro atoms. The summed E-state index contributed by atoms with van der Waals surface area (Å²) in [4.78, 5) is 0. The third-order valence-electron chi connectivity index (χ3n) is 9.37. The van der Waals surface area contributed by atoms with Crippen molar-refractivity contribution in [2.75, 3.05) is 0 Å². The summed E-state index contributed by atoms with van der Waals surface area (Å²) in [7, 11) is -9.89. The van der Waals surface area contributed by atoms with Crippen molar-refractivity contribution in [2.45, 2.75) is 13.1 Å². The molecule has 0 saturated carbocycles. The van der Waals surface area contributed by atoms with Gasteiger partial charge in [-0.1, -0.05) is 133 Å². The van der Waals surface area contributed by atoms with E-state index >= 15 is 0 Å². The van der Waals surface area contributed by atoms with Crippen LogP contribution in [0.1, 0.15) is 0 Å². The molecule has 2 aromatic heterocycles. The maximum absolute atomic E-state index is 8.49. The van der Waals surface area contributed by atoms with Gasteiger partial charge in [0.05, 0.1) is 0 Å². The molecule has 0 atom stereocenters. The first-order valence-electron chi connectivity index (χ1n) is 18.5. The molecule has 0 N–H and O–H groups in total. The van der Waals surface area contributed by atoms with Crippen LogP contribution >= 0.6 is 0 Å². The van der Waals surface area contributed by atoms with Gasteiger partial charge in [-0.3, -0.25) is 0 Å². The minimum Gasteiger partial charge on any atom is -0.222 e. The van der Waals surface area contributed by atoms with Crippen LogP contribution in [0.3, 0.4) is 0 Å². The Hall–Kier alpha value is -6.12. The molecule has 6 aromatic carbocycles. The van der Waals surface area contributed by atoms with Gasteiger partial charge >= 0.3 is 0 Å². The van der Waals surface area contributed by atoms with Crippen LogP contribution in [0, 0.1) is 20.5 Å². The van der Waals surface area contributed by atoms with Gasteiger partial charge in [0.2, 0.25) is 35.9 Å². The molecule has 0 fully saturated rings. The van der Waals surface area contributed by atoms with Gasteiger partial charge in [0.15, 0.2) is 0 Å². The first-order chi connectivity index (χ1) is 28.8. The second-order valence-electron chi connectivity index (χ2n) is 13.3. The Morgan fingerprint density at radius 3 is 0.600 bits per heavy atom. The van der Waals surface area contributed by atoms with Gasteiger partial charge in [0, 0.05) is 46.5 Å². The summed E-state index contributed by atoms with van der Waals surface area (Å²) < 4.78 is 73.0. The summed E-state index contributed by atoms with van der Waals surface area (Å²) in [5.41, 5.74) is 14.3. The van der Waals surface area contributed by atoms with E-state index in [0.717, 1.165) is 13.1 Å². The Bertz CT molecular complexity index is 2250. The topological polar surface area (TPSA) is 192 Å². The Labute approximate surface area is 352 Å². The van der Waals surface area contributed by atoms with Crippen molar-refractivity contribution in [1.82, 2.24) is 0 Å². The fourth-order valence-corrected chi connectivity index (χ4v) is 6.91. The first-order valence-corrected chi connectivity index (χ1v) is 21.0. The molecule has 0 unspecified atom stereocenters. The van der Waals surface area contributed by atoms with Crippen LogP contribution in [-0.4, -0.2) is 0 Å². The maximum atomic E-state index is 8.49. The molecule has 8 aromatic rings. The zero-order valence-electron chi connectivity index (χ0n) is 32.0. The van der Waals surface area contributed by atoms with Crippen LogP contribution in [0.2, 0.25) is 0 Å². The fourth-order valence-electron chi connectivity index (χ4n) is 6.91. The average molecular weight is 842 g/mol. The van der Waals surface area contributed by atoms with E-state index in [2.05, 4.69) is 215 Å². The molecule has 10 nitrogen and oxygen atoms in total. The van der Waals surface area contributed by atoms with Crippen molar-refractivity contribution in [1.29, 1.82) is 0 Å². The Morgan fingerprint density at radius 1 is 0.250 bits per heavy atom. The highest BCUT2D eigenvalue weighted by Crippen LogP contribution is 2.31. The summed E-state index contributed by atoms with van der Waals surface area (Å²) in [5.74, 6) is 0. The van der Waals surface area contributed by atoms with Crippen molar-refractivity contribution in [3.63, 3.8) is 0 Å². The lowest BCUT2D eigenvalue weighted by Crippen LogP contribution is -2.68. The lowest BCUT2D eigenvalue weighted by Gasteiger charge is -2.17. The highest BCUT2D eigenvalue weighted by Gasteiger charge is 2.28. The fraction of sp³-hybridized carbons (Fsp3) is 0.0417. The number of hydrogen-bond acceptors (Lipinski definition) is 8. The summed E-state index contributed by atoms with van der Waals surface area (Å²) in [6.07, 6.45) is 0. The van der Waals surface area contributed by atoms with Gasteiger partial charge in [-0.2, -0.15) is 9.13 Å². The van der Waals surface area contributed by atoms with E-state index in [0.29, 0.717) is 0 Å². The van der Waals surface area contributed by atoms with Gasteiger partial charge in [0.25, 0.3) is 0 Å². The van der Waals surface area contributed by atoms with Crippen molar-refractivity contribution >= 4 is 0 Å². The lowest BCUT2D eigenvalue weighted by atomic mass is 9.98. The molecule has 60 heavy (non-hydrogen) atoms. The number of hydrogen-bond donors (Lipinski definition) is 0. The van der Waals surface area contributed by atoms with Gasteiger partial charge in [0.1, 0.15) is 0 Å². The molecule has 0 bridgehead atoms. The van der Waals surface area contributed by atoms with Crippen LogP contribution in [0.5, 0.6) is 0 Å². The second kappa shape index (κ2) is 20.2. The zero-order valence-corrected chi connectivity index (χ0v) is 33.5. The normalized spacial score (nSPS) is 11.1. The van der Waals surface area contributed by atoms with Crippen LogP contribution in [0.4, 0.5) is 0 Å². The molecule has 8 rings (SSSR count). The maximum Gasteiger partial charge on any atom is 0.213 e. The lowest BCUT2D eigenvalue weighted by molar-refractivity contribution is -2.00. The largest absolute Gasteiger partial charge is 0.222 e. The number of pyridine rings is 2. The minimum absolute atomic E-state index is 0.762. The minimum atomic E-state index is -4.94. The van der Waals surface area contributed by atoms with E-state index in [9.17, 15) is 0 Å². The van der Waals surface area contributed by atoms with E-state index in [1.54, 1.807) is 0 Å².